The topological polar surface area (TPSA) is 29.5 Å². The Morgan fingerprint density at radius 1 is 0.333 bits per heavy atom. The molecule has 0 bridgehead atoms. The van der Waals surface area contributed by atoms with Crippen LogP contribution in [0.15, 0.2) is 185 Å². The number of nitrogens with zero attached hydrogens (tertiary/aromatic N) is 1. The van der Waals surface area contributed by atoms with E-state index in [0.29, 0.717) is 0 Å². The summed E-state index contributed by atoms with van der Waals surface area (Å²) in [6.07, 6.45) is 0. The lowest BCUT2D eigenvalue weighted by atomic mass is 9.95. The van der Waals surface area contributed by atoms with Gasteiger partial charge in [-0.15, -0.1) is 0 Å². The third-order valence-corrected chi connectivity index (χ3v) is 10.4. The summed E-state index contributed by atoms with van der Waals surface area (Å²) in [6, 6.07) is 62.6. The van der Waals surface area contributed by atoms with E-state index in [1.807, 2.05) is 18.2 Å². The van der Waals surface area contributed by atoms with Gasteiger partial charge in [-0.25, -0.2) is 0 Å². The zero-order valence-electron chi connectivity index (χ0n) is 27.5. The van der Waals surface area contributed by atoms with Crippen LogP contribution in [0.3, 0.4) is 0 Å². The lowest BCUT2D eigenvalue weighted by molar-refractivity contribution is 0.669. The molecular weight excluding hydrogens is 623 g/mol. The van der Waals surface area contributed by atoms with Crippen molar-refractivity contribution in [3.05, 3.63) is 176 Å². The van der Waals surface area contributed by atoms with Crippen LogP contribution in [0.4, 0.5) is 17.1 Å². The van der Waals surface area contributed by atoms with Gasteiger partial charge in [-0.05, 0) is 75.0 Å². The van der Waals surface area contributed by atoms with E-state index < -0.39 is 0 Å². The van der Waals surface area contributed by atoms with E-state index in [4.69, 9.17) is 8.83 Å². The van der Waals surface area contributed by atoms with Gasteiger partial charge in [0.05, 0.1) is 16.8 Å². The van der Waals surface area contributed by atoms with Crippen molar-refractivity contribution in [2.45, 2.75) is 0 Å². The molecule has 2 heterocycles. The molecule has 0 fully saturated rings. The van der Waals surface area contributed by atoms with E-state index in [2.05, 4.69) is 163 Å². The molecule has 0 unspecified atom stereocenters. The lowest BCUT2D eigenvalue weighted by Crippen LogP contribution is -2.11. The molecule has 3 heteroatoms. The number of rotatable bonds is 4. The smallest absolute Gasteiger partial charge is 0.145 e. The highest BCUT2D eigenvalue weighted by Crippen LogP contribution is 2.49. The Kier molecular flexibility index (Phi) is 5.96. The fourth-order valence-electron chi connectivity index (χ4n) is 8.15. The number of fused-ring (bicyclic) bond motifs is 10. The highest BCUT2D eigenvalue weighted by molar-refractivity contribution is 6.20. The Labute approximate surface area is 293 Å². The first-order chi connectivity index (χ1) is 25.3. The van der Waals surface area contributed by atoms with Crippen LogP contribution in [0.2, 0.25) is 0 Å². The molecule has 0 aliphatic heterocycles. The average molecular weight is 652 g/mol. The quantitative estimate of drug-likeness (QED) is 0.177. The number of benzene rings is 9. The summed E-state index contributed by atoms with van der Waals surface area (Å²) < 4.78 is 13.3. The molecule has 238 valence electrons. The summed E-state index contributed by atoms with van der Waals surface area (Å²) in [5, 5.41) is 11.6. The largest absolute Gasteiger partial charge is 0.456 e. The minimum atomic E-state index is 0.852. The minimum Gasteiger partial charge on any atom is -0.456 e. The Morgan fingerprint density at radius 2 is 0.961 bits per heavy atom. The Bertz CT molecular complexity index is 3160. The first-order valence-corrected chi connectivity index (χ1v) is 17.3. The van der Waals surface area contributed by atoms with Gasteiger partial charge in [-0.3, -0.25) is 0 Å². The number of anilines is 3. The van der Waals surface area contributed by atoms with Crippen LogP contribution in [0.25, 0.3) is 87.3 Å². The Hall–Kier alpha value is -6.84. The second-order valence-electron chi connectivity index (χ2n) is 13.2. The van der Waals surface area contributed by atoms with Crippen molar-refractivity contribution in [1.82, 2.24) is 0 Å². The molecule has 3 nitrogen and oxygen atoms in total. The van der Waals surface area contributed by atoms with Crippen molar-refractivity contribution >= 4 is 93.3 Å². The van der Waals surface area contributed by atoms with E-state index in [1.54, 1.807) is 0 Å². The number of para-hydroxylation sites is 2. The summed E-state index contributed by atoms with van der Waals surface area (Å²) in [5.74, 6) is 0. The van der Waals surface area contributed by atoms with Crippen molar-refractivity contribution in [3.63, 3.8) is 0 Å². The van der Waals surface area contributed by atoms with E-state index >= 15 is 0 Å². The molecule has 0 aliphatic rings. The molecular formula is C48H29NO2. The monoisotopic (exact) mass is 651 g/mol. The summed E-state index contributed by atoms with van der Waals surface area (Å²) >= 11 is 0. The van der Waals surface area contributed by atoms with Gasteiger partial charge >= 0.3 is 0 Å². The van der Waals surface area contributed by atoms with Crippen molar-refractivity contribution in [2.24, 2.45) is 0 Å². The molecule has 0 saturated carbocycles. The van der Waals surface area contributed by atoms with Crippen LogP contribution in [0.1, 0.15) is 0 Å². The lowest BCUT2D eigenvalue weighted by Gasteiger charge is -2.28. The maximum atomic E-state index is 6.86. The predicted molar refractivity (Wildman–Crippen MR) is 214 cm³/mol. The first-order valence-electron chi connectivity index (χ1n) is 17.3. The van der Waals surface area contributed by atoms with Gasteiger partial charge < -0.3 is 13.7 Å². The highest BCUT2D eigenvalue weighted by Gasteiger charge is 2.24. The summed E-state index contributed by atoms with van der Waals surface area (Å²) in [7, 11) is 0. The van der Waals surface area contributed by atoms with E-state index in [9.17, 15) is 0 Å². The molecule has 0 amide bonds. The number of hydrogen-bond donors (Lipinski definition) is 0. The minimum absolute atomic E-state index is 0.852. The van der Waals surface area contributed by atoms with Crippen LogP contribution >= 0.6 is 0 Å². The maximum Gasteiger partial charge on any atom is 0.145 e. The summed E-state index contributed by atoms with van der Waals surface area (Å²) in [5.41, 5.74) is 8.80. The number of hydrogen-bond acceptors (Lipinski definition) is 3. The Balaban J connectivity index is 1.25. The molecule has 0 N–H and O–H groups in total. The molecule has 0 spiro atoms. The van der Waals surface area contributed by atoms with Crippen molar-refractivity contribution in [2.75, 3.05) is 4.90 Å². The predicted octanol–water partition coefficient (Wildman–Crippen LogP) is 14.1. The van der Waals surface area contributed by atoms with Gasteiger partial charge in [0.2, 0.25) is 0 Å². The standard InChI is InChI=1S/C48H29NO2/c1-3-14-33-30(11-1)13-9-18-36(33)40-27-28-43(47-41-17-6-8-22-45(41)51-48(40)47)49(32-24-26-39-38-16-5-7-21-44(38)50-46(39)29-32)42-20-10-19-35-34-15-4-2-12-31(34)23-25-37(35)42/h1-29H. The van der Waals surface area contributed by atoms with Crippen LogP contribution in [0.5, 0.6) is 0 Å². The summed E-state index contributed by atoms with van der Waals surface area (Å²) in [4.78, 5) is 2.39. The molecule has 0 saturated heterocycles. The van der Waals surface area contributed by atoms with Gasteiger partial charge in [0.1, 0.15) is 22.3 Å². The number of furan rings is 2. The van der Waals surface area contributed by atoms with Crippen molar-refractivity contribution in [1.29, 1.82) is 0 Å². The molecule has 0 aliphatic carbocycles. The molecule has 9 aromatic carbocycles. The van der Waals surface area contributed by atoms with Crippen LogP contribution in [0, 0.1) is 0 Å². The van der Waals surface area contributed by atoms with Crippen LogP contribution in [-0.2, 0) is 0 Å². The zero-order chi connectivity index (χ0) is 33.5. The summed E-state index contributed by atoms with van der Waals surface area (Å²) in [6.45, 7) is 0. The average Bonchev–Trinajstić information content (AvgIpc) is 3.77. The molecule has 0 radical (unpaired) electrons. The fraction of sp³-hybridized carbons (Fsp3) is 0. The third kappa shape index (κ3) is 4.19. The van der Waals surface area contributed by atoms with Crippen LogP contribution < -0.4 is 4.90 Å². The maximum absolute atomic E-state index is 6.86. The van der Waals surface area contributed by atoms with Gasteiger partial charge in [-0.2, -0.15) is 0 Å². The first kappa shape index (κ1) is 28.0. The normalized spacial score (nSPS) is 11.9. The Morgan fingerprint density at radius 3 is 1.82 bits per heavy atom. The van der Waals surface area contributed by atoms with E-state index in [1.165, 1.54) is 32.3 Å². The molecule has 11 aromatic rings. The highest BCUT2D eigenvalue weighted by atomic mass is 16.3. The van der Waals surface area contributed by atoms with Crippen molar-refractivity contribution in [3.8, 4) is 11.1 Å². The van der Waals surface area contributed by atoms with Gasteiger partial charge in [0.15, 0.2) is 0 Å². The van der Waals surface area contributed by atoms with Crippen LogP contribution in [-0.4, -0.2) is 0 Å². The fourth-order valence-corrected chi connectivity index (χ4v) is 8.15. The van der Waals surface area contributed by atoms with Crippen molar-refractivity contribution < 1.29 is 8.83 Å². The van der Waals surface area contributed by atoms with Gasteiger partial charge in [0, 0.05) is 38.9 Å². The molecule has 51 heavy (non-hydrogen) atoms. The van der Waals surface area contributed by atoms with E-state index in [-0.39, 0.29) is 0 Å². The molecule has 2 aromatic heterocycles. The van der Waals surface area contributed by atoms with E-state index in [0.717, 1.165) is 72.1 Å². The second-order valence-corrected chi connectivity index (χ2v) is 13.2. The molecule has 0 atom stereocenters. The zero-order valence-corrected chi connectivity index (χ0v) is 27.5. The van der Waals surface area contributed by atoms with Gasteiger partial charge in [0.25, 0.3) is 0 Å². The van der Waals surface area contributed by atoms with Gasteiger partial charge in [-0.1, -0.05) is 127 Å². The third-order valence-electron chi connectivity index (χ3n) is 10.4. The second kappa shape index (κ2) is 10.8. The molecule has 11 rings (SSSR count). The SMILES string of the molecule is c1ccc2c(-c3ccc(N(c4ccc5c(c4)oc4ccccc45)c4cccc5c4ccc4ccccc45)c4c3oc3ccccc34)cccc2c1.